The molecule has 0 atom stereocenters. The first kappa shape index (κ1) is 7.06. The van der Waals surface area contributed by atoms with E-state index in [1.54, 1.807) is 6.20 Å². The second-order valence-electron chi connectivity index (χ2n) is 2.08. The van der Waals surface area contributed by atoms with Gasteiger partial charge < -0.3 is 4.42 Å². The summed E-state index contributed by atoms with van der Waals surface area (Å²) in [5.41, 5.74) is 0. The van der Waals surface area contributed by atoms with Crippen LogP contribution < -0.4 is 0 Å². The number of rotatable bonds is 3. The van der Waals surface area contributed by atoms with Crippen molar-refractivity contribution in [1.29, 1.82) is 0 Å². The molecule has 0 radical (unpaired) electrons. The zero-order valence-corrected chi connectivity index (χ0v) is 6.08. The molecule has 0 aliphatic heterocycles. The zero-order chi connectivity index (χ0) is 7.23. The maximum absolute atomic E-state index is 5.04. The Morgan fingerprint density at radius 1 is 1.70 bits per heavy atom. The van der Waals surface area contributed by atoms with E-state index < -0.39 is 0 Å². The van der Waals surface area contributed by atoms with Crippen molar-refractivity contribution in [3.8, 4) is 0 Å². The predicted molar refractivity (Wildman–Crippen MR) is 39.6 cm³/mol. The van der Waals surface area contributed by atoms with E-state index in [2.05, 4.69) is 11.1 Å². The average Bonchev–Trinajstić information content (AvgIpc) is 2.41. The molecule has 0 fully saturated rings. The van der Waals surface area contributed by atoms with Gasteiger partial charge in [-0.1, -0.05) is 12.2 Å². The Labute approximate surface area is 60.6 Å². The summed E-state index contributed by atoms with van der Waals surface area (Å²) in [5, 5.41) is 0. The van der Waals surface area contributed by atoms with Crippen molar-refractivity contribution in [2.75, 3.05) is 0 Å². The quantitative estimate of drug-likeness (QED) is 0.597. The number of hydrogen-bond acceptors (Lipinski definition) is 2. The minimum atomic E-state index is 0.949. The number of oxazole rings is 1. The predicted octanol–water partition coefficient (Wildman–Crippen LogP) is 2.18. The third-order valence-corrected chi connectivity index (χ3v) is 1.28. The fraction of sp³-hybridized carbons (Fsp3) is 0.375. The largest absolute Gasteiger partial charge is 0.449 e. The monoisotopic (exact) mass is 137 g/mol. The Morgan fingerprint density at radius 2 is 2.60 bits per heavy atom. The second-order valence-corrected chi connectivity index (χ2v) is 2.08. The highest BCUT2D eigenvalue weighted by molar-refractivity contribution is 4.91. The van der Waals surface area contributed by atoms with Gasteiger partial charge >= 0.3 is 0 Å². The van der Waals surface area contributed by atoms with Crippen molar-refractivity contribution in [3.63, 3.8) is 0 Å². The fourth-order valence-corrected chi connectivity index (χ4v) is 0.758. The first-order valence-electron chi connectivity index (χ1n) is 3.42. The Bertz CT molecular complexity index is 189. The third kappa shape index (κ3) is 2.05. The first-order valence-corrected chi connectivity index (χ1v) is 3.42. The van der Waals surface area contributed by atoms with Gasteiger partial charge in [0.15, 0.2) is 6.39 Å². The molecule has 0 aliphatic carbocycles. The van der Waals surface area contributed by atoms with Crippen molar-refractivity contribution in [3.05, 3.63) is 30.5 Å². The molecule has 0 saturated carbocycles. The molecule has 54 valence electrons. The number of aromatic nitrogens is 1. The van der Waals surface area contributed by atoms with Crippen LogP contribution in [-0.2, 0) is 6.42 Å². The van der Waals surface area contributed by atoms with Crippen LogP contribution in [0.5, 0.6) is 0 Å². The van der Waals surface area contributed by atoms with E-state index in [1.807, 2.05) is 13.0 Å². The molecule has 1 aromatic heterocycles. The van der Waals surface area contributed by atoms with Crippen molar-refractivity contribution < 1.29 is 4.42 Å². The molecule has 2 nitrogen and oxygen atoms in total. The lowest BCUT2D eigenvalue weighted by molar-refractivity contribution is 0.504. The van der Waals surface area contributed by atoms with Gasteiger partial charge in [0.25, 0.3) is 0 Å². The molecule has 0 bridgehead atoms. The molecule has 0 unspecified atom stereocenters. The minimum absolute atomic E-state index is 0.949. The Balaban J connectivity index is 2.28. The summed E-state index contributed by atoms with van der Waals surface area (Å²) in [6.07, 6.45) is 9.35. The van der Waals surface area contributed by atoms with Gasteiger partial charge in [-0.3, -0.25) is 0 Å². The Kier molecular flexibility index (Phi) is 2.74. The number of aryl methyl sites for hydroxylation is 1. The van der Waals surface area contributed by atoms with E-state index in [1.165, 1.54) is 6.39 Å². The lowest BCUT2D eigenvalue weighted by Gasteiger charge is -1.87. The molecular weight excluding hydrogens is 126 g/mol. The maximum atomic E-state index is 5.04. The molecule has 1 rings (SSSR count). The van der Waals surface area contributed by atoms with Crippen molar-refractivity contribution in [2.24, 2.45) is 0 Å². The van der Waals surface area contributed by atoms with Crippen LogP contribution >= 0.6 is 0 Å². The van der Waals surface area contributed by atoms with Gasteiger partial charge in [0, 0.05) is 6.42 Å². The van der Waals surface area contributed by atoms with Crippen LogP contribution in [0.1, 0.15) is 19.1 Å². The summed E-state index contributed by atoms with van der Waals surface area (Å²) >= 11 is 0. The van der Waals surface area contributed by atoms with Crippen LogP contribution in [0.3, 0.4) is 0 Å². The van der Waals surface area contributed by atoms with Gasteiger partial charge in [0.2, 0.25) is 0 Å². The Hall–Kier alpha value is -1.05. The van der Waals surface area contributed by atoms with E-state index in [4.69, 9.17) is 4.42 Å². The molecule has 0 aromatic carbocycles. The molecule has 0 spiro atoms. The van der Waals surface area contributed by atoms with Crippen molar-refractivity contribution >= 4 is 0 Å². The second kappa shape index (κ2) is 3.88. The topological polar surface area (TPSA) is 26.0 Å². The molecular formula is C8H11NO. The molecule has 1 aromatic rings. The molecule has 0 aliphatic rings. The highest BCUT2D eigenvalue weighted by Gasteiger charge is 1.91. The van der Waals surface area contributed by atoms with E-state index in [0.717, 1.165) is 18.6 Å². The number of allylic oxidation sites excluding steroid dienone is 2. The normalized spacial score (nSPS) is 10.9. The third-order valence-electron chi connectivity index (χ3n) is 1.28. The molecule has 0 amide bonds. The van der Waals surface area contributed by atoms with Crippen LogP contribution in [0.4, 0.5) is 0 Å². The van der Waals surface area contributed by atoms with E-state index in [9.17, 15) is 0 Å². The average molecular weight is 137 g/mol. The van der Waals surface area contributed by atoms with Gasteiger partial charge in [-0.2, -0.15) is 0 Å². The minimum Gasteiger partial charge on any atom is -0.449 e. The standard InChI is InChI=1S/C8H11NO/c1-2-3-4-5-8-6-9-7-10-8/h2-3,6-7H,4-5H2,1H3. The summed E-state index contributed by atoms with van der Waals surface area (Å²) in [5.74, 6) is 0.957. The highest BCUT2D eigenvalue weighted by atomic mass is 16.3. The molecule has 0 saturated heterocycles. The SMILES string of the molecule is CC=CCCc1cnco1. The first-order chi connectivity index (χ1) is 4.93. The van der Waals surface area contributed by atoms with Crippen molar-refractivity contribution in [2.45, 2.75) is 19.8 Å². The summed E-state index contributed by atoms with van der Waals surface area (Å²) in [6, 6.07) is 0. The van der Waals surface area contributed by atoms with E-state index in [-0.39, 0.29) is 0 Å². The van der Waals surface area contributed by atoms with Gasteiger partial charge in [-0.05, 0) is 13.3 Å². The van der Waals surface area contributed by atoms with Crippen LogP contribution in [-0.4, -0.2) is 4.98 Å². The smallest absolute Gasteiger partial charge is 0.180 e. The van der Waals surface area contributed by atoms with Crippen molar-refractivity contribution in [1.82, 2.24) is 4.98 Å². The van der Waals surface area contributed by atoms with Gasteiger partial charge in [0.1, 0.15) is 5.76 Å². The summed E-state index contributed by atoms with van der Waals surface area (Å²) in [7, 11) is 0. The van der Waals surface area contributed by atoms with Gasteiger partial charge in [0.05, 0.1) is 6.20 Å². The number of hydrogen-bond donors (Lipinski definition) is 0. The number of nitrogens with zero attached hydrogens (tertiary/aromatic N) is 1. The molecule has 0 N–H and O–H groups in total. The maximum Gasteiger partial charge on any atom is 0.180 e. The highest BCUT2D eigenvalue weighted by Crippen LogP contribution is 2.00. The van der Waals surface area contributed by atoms with Gasteiger partial charge in [-0.25, -0.2) is 4.98 Å². The molecule has 1 heterocycles. The molecule has 10 heavy (non-hydrogen) atoms. The van der Waals surface area contributed by atoms with Crippen LogP contribution in [0.25, 0.3) is 0 Å². The Morgan fingerprint density at radius 3 is 3.20 bits per heavy atom. The lowest BCUT2D eigenvalue weighted by atomic mass is 10.2. The van der Waals surface area contributed by atoms with Gasteiger partial charge in [-0.15, -0.1) is 0 Å². The van der Waals surface area contributed by atoms with E-state index in [0.29, 0.717) is 0 Å². The zero-order valence-electron chi connectivity index (χ0n) is 6.08. The van der Waals surface area contributed by atoms with E-state index >= 15 is 0 Å². The summed E-state index contributed by atoms with van der Waals surface area (Å²) in [4.78, 5) is 3.81. The summed E-state index contributed by atoms with van der Waals surface area (Å²) < 4.78 is 5.04. The van der Waals surface area contributed by atoms with Crippen LogP contribution in [0.2, 0.25) is 0 Å². The molecule has 2 heteroatoms. The lowest BCUT2D eigenvalue weighted by Crippen LogP contribution is -1.76. The van der Waals surface area contributed by atoms with Crippen LogP contribution in [0, 0.1) is 0 Å². The summed E-state index contributed by atoms with van der Waals surface area (Å²) in [6.45, 7) is 2.01. The van der Waals surface area contributed by atoms with Crippen LogP contribution in [0.15, 0.2) is 29.2 Å². The fourth-order valence-electron chi connectivity index (χ4n) is 0.758.